The molecule has 0 heterocycles. The van der Waals surface area contributed by atoms with Gasteiger partial charge in [0.25, 0.3) is 0 Å². The molecule has 11 heteroatoms. The van der Waals surface area contributed by atoms with Gasteiger partial charge in [0, 0.05) is 58.4 Å². The zero-order chi connectivity index (χ0) is 13.1. The van der Waals surface area contributed by atoms with E-state index in [4.69, 9.17) is 20.4 Å². The van der Waals surface area contributed by atoms with Gasteiger partial charge in [-0.15, -0.1) is 0 Å². The summed E-state index contributed by atoms with van der Waals surface area (Å²) < 4.78 is 0. The minimum absolute atomic E-state index is 0. The molecule has 0 radical (unpaired) electrons. The van der Waals surface area contributed by atoms with Crippen molar-refractivity contribution >= 4 is 37.4 Å². The van der Waals surface area contributed by atoms with E-state index < -0.39 is 23.9 Å². The van der Waals surface area contributed by atoms with Gasteiger partial charge in [0.1, 0.15) is 0 Å². The molecular weight excluding hydrogens is 368 g/mol. The average molecular weight is 378 g/mol. The van der Waals surface area contributed by atoms with Crippen LogP contribution in [0.4, 0.5) is 0 Å². The molecule has 0 aromatic carbocycles. The number of carboxylic acids is 4. The van der Waals surface area contributed by atoms with E-state index in [9.17, 15) is 19.2 Å². The van der Waals surface area contributed by atoms with Gasteiger partial charge in [-0.25, -0.2) is 19.2 Å². The molecule has 0 saturated carbocycles. The summed E-state index contributed by atoms with van der Waals surface area (Å²) in [7, 11) is 0. The van der Waals surface area contributed by atoms with E-state index >= 15 is 0 Å². The van der Waals surface area contributed by atoms with Gasteiger partial charge in [0.2, 0.25) is 0 Å². The predicted molar refractivity (Wildman–Crippen MR) is 59.2 cm³/mol. The summed E-state index contributed by atoms with van der Waals surface area (Å²) in [5.41, 5.74) is 0. The normalized spacial score (nSPS) is 8.00. The minimum Gasteiger partial charge on any atom is -0.478 e. The summed E-state index contributed by atoms with van der Waals surface area (Å²) in [4.78, 5) is 38.2. The van der Waals surface area contributed by atoms with Gasteiger partial charge in [0.05, 0.1) is 0 Å². The zero-order valence-electron chi connectivity index (χ0n) is 8.94. The Kier molecular flexibility index (Phi) is 30.8. The predicted octanol–water partition coefficient (Wildman–Crippen LogP) is -0.469. The molecule has 0 aromatic heterocycles. The molecule has 0 aliphatic carbocycles. The maximum Gasteiger partial charge on any atom is 0.328 e. The van der Waals surface area contributed by atoms with E-state index in [1.54, 1.807) is 0 Å². The standard InChI is InChI=1S/2C4H4O4.2Fe.H2S/c2*5-3(6)1-2-4(7)8;;;/h2*1-2H,(H,5,6)(H,7,8);;;1H2/b2*2-1+;;;. The van der Waals surface area contributed by atoms with Crippen molar-refractivity contribution in [2.45, 2.75) is 0 Å². The fourth-order valence-corrected chi connectivity index (χ4v) is 0.285. The van der Waals surface area contributed by atoms with Crippen molar-refractivity contribution in [3.8, 4) is 0 Å². The number of hydrogen-bond acceptors (Lipinski definition) is 4. The van der Waals surface area contributed by atoms with Crippen LogP contribution in [0.3, 0.4) is 0 Å². The Morgan fingerprint density at radius 3 is 0.684 bits per heavy atom. The molecule has 0 atom stereocenters. The Morgan fingerprint density at radius 2 is 0.632 bits per heavy atom. The molecule has 8 nitrogen and oxygen atoms in total. The molecule has 4 N–H and O–H groups in total. The van der Waals surface area contributed by atoms with Crippen LogP contribution < -0.4 is 0 Å². The van der Waals surface area contributed by atoms with Crippen LogP contribution >= 0.6 is 13.5 Å². The summed E-state index contributed by atoms with van der Waals surface area (Å²) in [6.45, 7) is 0. The van der Waals surface area contributed by atoms with Crippen molar-refractivity contribution in [1.82, 2.24) is 0 Å². The SMILES string of the molecule is O=C(O)/C=C/C(=O)O.O=C(O)/C=C/C(=O)O.S.[Fe].[Fe]. The Hall–Kier alpha value is -1.25. The first-order valence-electron chi connectivity index (χ1n) is 3.53. The van der Waals surface area contributed by atoms with E-state index in [2.05, 4.69) is 0 Å². The van der Waals surface area contributed by atoms with E-state index in [1.165, 1.54) is 0 Å². The number of rotatable bonds is 4. The summed E-state index contributed by atoms with van der Waals surface area (Å²) in [6.07, 6.45) is 2.23. The van der Waals surface area contributed by atoms with Gasteiger partial charge in [-0.05, 0) is 0 Å². The number of carboxylic acid groups (broad SMARTS) is 4. The van der Waals surface area contributed by atoms with Crippen molar-refractivity contribution in [1.29, 1.82) is 0 Å². The summed E-state index contributed by atoms with van der Waals surface area (Å²) in [6, 6.07) is 0. The van der Waals surface area contributed by atoms with E-state index in [1.807, 2.05) is 0 Å². The number of aliphatic carboxylic acids is 4. The van der Waals surface area contributed by atoms with Gasteiger partial charge >= 0.3 is 23.9 Å². The summed E-state index contributed by atoms with van der Waals surface area (Å²) >= 11 is 0. The molecule has 0 aromatic rings. The molecule has 0 fully saturated rings. The molecule has 112 valence electrons. The Labute approximate surface area is 135 Å². The third kappa shape index (κ3) is 47.6. The average Bonchev–Trinajstić information content (AvgIpc) is 2.12. The van der Waals surface area contributed by atoms with Crippen molar-refractivity contribution in [2.24, 2.45) is 0 Å². The van der Waals surface area contributed by atoms with E-state index in [-0.39, 0.29) is 47.6 Å². The first-order valence-corrected chi connectivity index (χ1v) is 3.53. The number of carbonyl (C=O) groups is 4. The fraction of sp³-hybridized carbons (Fsp3) is 0. The monoisotopic (exact) mass is 378 g/mol. The van der Waals surface area contributed by atoms with Crippen LogP contribution in [0.25, 0.3) is 0 Å². The van der Waals surface area contributed by atoms with Crippen molar-refractivity contribution in [3.05, 3.63) is 24.3 Å². The van der Waals surface area contributed by atoms with Gasteiger partial charge in [0.15, 0.2) is 0 Å². The molecule has 0 spiro atoms. The van der Waals surface area contributed by atoms with Crippen LogP contribution in [-0.2, 0) is 53.3 Å². The second-order valence-electron chi connectivity index (χ2n) is 2.02. The van der Waals surface area contributed by atoms with Gasteiger partial charge in [-0.2, -0.15) is 13.5 Å². The number of hydrogen-bond donors (Lipinski definition) is 4. The topological polar surface area (TPSA) is 149 Å². The Balaban J connectivity index is -0.0000000594. The molecule has 0 unspecified atom stereocenters. The third-order valence-electron chi connectivity index (χ3n) is 0.737. The summed E-state index contributed by atoms with van der Waals surface area (Å²) in [5.74, 6) is -5.03. The van der Waals surface area contributed by atoms with Gasteiger partial charge in [-0.3, -0.25) is 0 Å². The van der Waals surface area contributed by atoms with Crippen molar-refractivity contribution in [2.75, 3.05) is 0 Å². The Bertz CT molecular complexity index is 287. The van der Waals surface area contributed by atoms with Crippen LogP contribution in [0.1, 0.15) is 0 Å². The second-order valence-corrected chi connectivity index (χ2v) is 2.02. The van der Waals surface area contributed by atoms with Crippen LogP contribution in [0.5, 0.6) is 0 Å². The Morgan fingerprint density at radius 1 is 0.526 bits per heavy atom. The van der Waals surface area contributed by atoms with Gasteiger partial charge in [-0.1, -0.05) is 0 Å². The molecule has 0 aliphatic rings. The molecule has 19 heavy (non-hydrogen) atoms. The largest absolute Gasteiger partial charge is 0.478 e. The first kappa shape index (κ1) is 30.6. The van der Waals surface area contributed by atoms with Crippen LogP contribution in [0, 0.1) is 0 Å². The van der Waals surface area contributed by atoms with E-state index in [0.717, 1.165) is 0 Å². The van der Waals surface area contributed by atoms with Crippen molar-refractivity contribution in [3.63, 3.8) is 0 Å². The first-order chi connectivity index (χ1) is 7.25. The third-order valence-corrected chi connectivity index (χ3v) is 0.737. The smallest absolute Gasteiger partial charge is 0.328 e. The second kappa shape index (κ2) is 19.1. The molecule has 0 aliphatic heterocycles. The molecule has 0 amide bonds. The maximum atomic E-state index is 9.55. The molecule has 0 saturated heterocycles. The molecule has 0 bridgehead atoms. The van der Waals surface area contributed by atoms with Gasteiger partial charge < -0.3 is 20.4 Å². The summed E-state index contributed by atoms with van der Waals surface area (Å²) in [5, 5.41) is 31.2. The minimum atomic E-state index is -1.26. The molecular formula is C8H10Fe2O8S. The van der Waals surface area contributed by atoms with Crippen molar-refractivity contribution < 1.29 is 73.7 Å². The van der Waals surface area contributed by atoms with E-state index in [0.29, 0.717) is 24.3 Å². The zero-order valence-corrected chi connectivity index (χ0v) is 12.1. The van der Waals surface area contributed by atoms with Crippen LogP contribution in [0.15, 0.2) is 24.3 Å². The fourth-order valence-electron chi connectivity index (χ4n) is 0.285. The maximum absolute atomic E-state index is 9.55. The molecule has 0 rings (SSSR count). The quantitative estimate of drug-likeness (QED) is 0.379. The van der Waals surface area contributed by atoms with Crippen LogP contribution in [0.2, 0.25) is 0 Å². The van der Waals surface area contributed by atoms with Crippen LogP contribution in [-0.4, -0.2) is 44.3 Å².